The van der Waals surface area contributed by atoms with Crippen molar-refractivity contribution in [1.82, 2.24) is 19.1 Å². The van der Waals surface area contributed by atoms with E-state index in [0.29, 0.717) is 167 Å². The number of ether oxygens (including phenoxy) is 10. The summed E-state index contributed by atoms with van der Waals surface area (Å²) in [4.78, 5) is 36.0. The predicted molar refractivity (Wildman–Crippen MR) is 231 cm³/mol. The van der Waals surface area contributed by atoms with Crippen LogP contribution in [-0.2, 0) is 67.1 Å². The van der Waals surface area contributed by atoms with Gasteiger partial charge in [-0.3, -0.25) is 13.9 Å². The smallest absolute Gasteiger partial charge is 0.332 e. The SMILES string of the molecule is COCCOCCOCCOCCOCCOCCOCCOCCOCCOCc1cccc(-c2nc3c([nH]2)c(=O)n(CC2CCCCC2)c(=O)n3CC2CCCCC2)c1. The molecule has 0 saturated heterocycles. The first kappa shape index (κ1) is 49.0. The van der Waals surface area contributed by atoms with Gasteiger partial charge in [0.15, 0.2) is 5.65 Å². The fourth-order valence-corrected chi connectivity index (χ4v) is 7.78. The molecular weight excluding hydrogens is 789 g/mol. The Labute approximate surface area is 360 Å². The number of aromatic nitrogens is 4. The summed E-state index contributed by atoms with van der Waals surface area (Å²) in [5.74, 6) is 1.36. The van der Waals surface area contributed by atoms with Crippen LogP contribution < -0.4 is 11.2 Å². The molecule has 2 heterocycles. The zero-order valence-corrected chi connectivity index (χ0v) is 36.6. The Kier molecular flexibility index (Phi) is 24.2. The van der Waals surface area contributed by atoms with Crippen LogP contribution in [0.3, 0.4) is 0 Å². The summed E-state index contributed by atoms with van der Waals surface area (Å²) in [6.45, 7) is 10.6. The number of nitrogens with one attached hydrogen (secondary N) is 1. The second kappa shape index (κ2) is 30.1. The molecule has 344 valence electrons. The van der Waals surface area contributed by atoms with Crippen molar-refractivity contribution >= 4 is 11.2 Å². The quantitative estimate of drug-likeness (QED) is 0.0798. The van der Waals surface area contributed by atoms with E-state index in [2.05, 4.69) is 4.98 Å². The zero-order chi connectivity index (χ0) is 42.6. The maximum atomic E-state index is 14.0. The van der Waals surface area contributed by atoms with Gasteiger partial charge in [-0.1, -0.05) is 56.7 Å². The fraction of sp³-hybridized carbons (Fsp3) is 0.756. The van der Waals surface area contributed by atoms with Crippen molar-refractivity contribution in [3.63, 3.8) is 0 Å². The van der Waals surface area contributed by atoms with E-state index in [1.165, 1.54) is 30.3 Å². The minimum absolute atomic E-state index is 0.221. The highest BCUT2D eigenvalue weighted by molar-refractivity contribution is 5.75. The normalized spacial score (nSPS) is 15.4. The second-order valence-corrected chi connectivity index (χ2v) is 15.7. The molecule has 3 aromatic rings. The molecular formula is C45H72N4O12. The molecule has 2 aliphatic rings. The lowest BCUT2D eigenvalue weighted by atomic mass is 9.89. The number of nitrogens with zero attached hydrogens (tertiary/aromatic N) is 3. The summed E-state index contributed by atoms with van der Waals surface area (Å²) < 4.78 is 58.1. The first-order valence-corrected chi connectivity index (χ1v) is 22.6. The van der Waals surface area contributed by atoms with Crippen LogP contribution in [0.25, 0.3) is 22.6 Å². The highest BCUT2D eigenvalue weighted by Gasteiger charge is 2.24. The van der Waals surface area contributed by atoms with Crippen LogP contribution in [0.1, 0.15) is 69.8 Å². The number of aromatic amines is 1. The maximum absolute atomic E-state index is 14.0. The summed E-state index contributed by atoms with van der Waals surface area (Å²) >= 11 is 0. The Morgan fingerprint density at radius 1 is 0.557 bits per heavy atom. The summed E-state index contributed by atoms with van der Waals surface area (Å²) in [6, 6.07) is 7.95. The van der Waals surface area contributed by atoms with Crippen molar-refractivity contribution in [2.45, 2.75) is 83.9 Å². The average molecular weight is 861 g/mol. The summed E-state index contributed by atoms with van der Waals surface area (Å²) in [5, 5.41) is 0. The van der Waals surface area contributed by atoms with Crippen molar-refractivity contribution in [3.05, 3.63) is 50.7 Å². The molecule has 1 N–H and O–H groups in total. The minimum Gasteiger partial charge on any atom is -0.382 e. The Balaban J connectivity index is 0.894. The minimum atomic E-state index is -0.268. The van der Waals surface area contributed by atoms with Crippen molar-refractivity contribution in [1.29, 1.82) is 0 Å². The third-order valence-electron chi connectivity index (χ3n) is 11.1. The number of fused-ring (bicyclic) bond motifs is 1. The first-order chi connectivity index (χ1) is 30.1. The number of imidazole rings is 1. The van der Waals surface area contributed by atoms with E-state index in [0.717, 1.165) is 49.7 Å². The van der Waals surface area contributed by atoms with Crippen LogP contribution in [-0.4, -0.2) is 145 Å². The largest absolute Gasteiger partial charge is 0.382 e. The predicted octanol–water partition coefficient (Wildman–Crippen LogP) is 5.01. The topological polar surface area (TPSA) is 165 Å². The Morgan fingerprint density at radius 2 is 0.984 bits per heavy atom. The van der Waals surface area contributed by atoms with Crippen LogP contribution in [0.4, 0.5) is 0 Å². The molecule has 16 heteroatoms. The van der Waals surface area contributed by atoms with Crippen molar-refractivity contribution in [2.75, 3.05) is 126 Å². The Morgan fingerprint density at radius 3 is 1.44 bits per heavy atom. The lowest BCUT2D eigenvalue weighted by molar-refractivity contribution is -0.0261. The molecule has 61 heavy (non-hydrogen) atoms. The van der Waals surface area contributed by atoms with Gasteiger partial charge in [-0.15, -0.1) is 0 Å². The van der Waals surface area contributed by atoms with Crippen molar-refractivity contribution < 1.29 is 47.4 Å². The monoisotopic (exact) mass is 861 g/mol. The van der Waals surface area contributed by atoms with Gasteiger partial charge in [0.25, 0.3) is 5.56 Å². The maximum Gasteiger partial charge on any atom is 0.332 e. The van der Waals surface area contributed by atoms with Gasteiger partial charge in [-0.05, 0) is 49.1 Å². The van der Waals surface area contributed by atoms with Gasteiger partial charge >= 0.3 is 5.69 Å². The van der Waals surface area contributed by atoms with E-state index < -0.39 is 0 Å². The number of H-pyrrole nitrogens is 1. The lowest BCUT2D eigenvalue weighted by Crippen LogP contribution is -2.42. The molecule has 5 rings (SSSR count). The standard InChI is InChI=1S/C45H72N4O12/c1-52-15-16-53-17-18-54-19-20-55-21-22-56-23-24-57-25-26-58-27-28-59-29-30-60-31-32-61-36-39-13-8-14-40(33-39)42-46-41-43(47-42)48(34-37-9-4-2-5-10-37)45(51)49(44(41)50)35-38-11-6-3-7-12-38/h8,13-14,33,37-38H,2-7,9-12,15-32,34-36H2,1H3,(H,46,47). The Hall–Kier alpha value is -3.03. The molecule has 0 aliphatic heterocycles. The van der Waals surface area contributed by atoms with Gasteiger partial charge in [0.1, 0.15) is 11.3 Å². The van der Waals surface area contributed by atoms with Crippen molar-refractivity contribution in [2.24, 2.45) is 11.8 Å². The van der Waals surface area contributed by atoms with E-state index in [1.807, 2.05) is 24.3 Å². The van der Waals surface area contributed by atoms with Gasteiger partial charge < -0.3 is 52.4 Å². The van der Waals surface area contributed by atoms with Gasteiger partial charge in [-0.2, -0.15) is 0 Å². The van der Waals surface area contributed by atoms with Gasteiger partial charge in [0.2, 0.25) is 0 Å². The third kappa shape index (κ3) is 18.3. The number of rotatable bonds is 34. The molecule has 0 atom stereocenters. The molecule has 0 unspecified atom stereocenters. The number of methoxy groups -OCH3 is 1. The van der Waals surface area contributed by atoms with E-state index in [4.69, 9.17) is 52.4 Å². The fourth-order valence-electron chi connectivity index (χ4n) is 7.78. The van der Waals surface area contributed by atoms with Crippen LogP contribution >= 0.6 is 0 Å². The summed E-state index contributed by atoms with van der Waals surface area (Å²) in [5.41, 5.74) is 2.20. The molecule has 2 aliphatic carbocycles. The second-order valence-electron chi connectivity index (χ2n) is 15.7. The van der Waals surface area contributed by atoms with Crippen LogP contribution in [0.2, 0.25) is 0 Å². The van der Waals surface area contributed by atoms with Crippen LogP contribution in [0, 0.1) is 11.8 Å². The molecule has 0 radical (unpaired) electrons. The molecule has 0 spiro atoms. The Bertz CT molecular complexity index is 1720. The highest BCUT2D eigenvalue weighted by atomic mass is 16.6. The summed E-state index contributed by atoms with van der Waals surface area (Å²) in [7, 11) is 1.65. The van der Waals surface area contributed by atoms with E-state index in [9.17, 15) is 9.59 Å². The van der Waals surface area contributed by atoms with Gasteiger partial charge in [-0.25, -0.2) is 9.78 Å². The molecule has 0 bridgehead atoms. The number of hydrogen-bond donors (Lipinski definition) is 1. The number of benzene rings is 1. The highest BCUT2D eigenvalue weighted by Crippen LogP contribution is 2.27. The molecule has 16 nitrogen and oxygen atoms in total. The van der Waals surface area contributed by atoms with E-state index in [1.54, 1.807) is 11.7 Å². The van der Waals surface area contributed by atoms with Gasteiger partial charge in [0.05, 0.1) is 126 Å². The first-order valence-electron chi connectivity index (χ1n) is 22.6. The summed E-state index contributed by atoms with van der Waals surface area (Å²) in [6.07, 6.45) is 11.5. The average Bonchev–Trinajstić information content (AvgIpc) is 3.74. The molecule has 2 fully saturated rings. The molecule has 2 saturated carbocycles. The lowest BCUT2D eigenvalue weighted by Gasteiger charge is -2.24. The van der Waals surface area contributed by atoms with Crippen LogP contribution in [0.15, 0.2) is 33.9 Å². The number of hydrogen-bond acceptors (Lipinski definition) is 13. The van der Waals surface area contributed by atoms with E-state index in [-0.39, 0.29) is 11.2 Å². The van der Waals surface area contributed by atoms with Gasteiger partial charge in [0, 0.05) is 25.8 Å². The van der Waals surface area contributed by atoms with Crippen molar-refractivity contribution in [3.8, 4) is 11.4 Å². The third-order valence-corrected chi connectivity index (χ3v) is 11.1. The zero-order valence-electron chi connectivity index (χ0n) is 36.6. The molecule has 2 aromatic heterocycles. The molecule has 0 amide bonds. The van der Waals surface area contributed by atoms with Crippen LogP contribution in [0.5, 0.6) is 0 Å². The molecule has 1 aromatic carbocycles. The van der Waals surface area contributed by atoms with E-state index >= 15 is 0 Å².